The highest BCUT2D eigenvalue weighted by molar-refractivity contribution is 6.27. The van der Waals surface area contributed by atoms with Gasteiger partial charge in [0.1, 0.15) is 0 Å². The van der Waals surface area contributed by atoms with E-state index in [1.807, 2.05) is 27.7 Å². The summed E-state index contributed by atoms with van der Waals surface area (Å²) >= 11 is 0. The third-order valence-corrected chi connectivity index (χ3v) is 9.67. The molecule has 3 aromatic heterocycles. The first-order chi connectivity index (χ1) is 23.0. The van der Waals surface area contributed by atoms with E-state index in [0.29, 0.717) is 50.8 Å². The van der Waals surface area contributed by atoms with E-state index < -0.39 is 6.10 Å². The Balaban J connectivity index is 1.65. The van der Waals surface area contributed by atoms with Gasteiger partial charge in [0.2, 0.25) is 0 Å². The van der Waals surface area contributed by atoms with Gasteiger partial charge in [0.25, 0.3) is 5.91 Å². The Hall–Kier alpha value is -3.83. The second-order valence-electron chi connectivity index (χ2n) is 13.0. The Morgan fingerprint density at radius 2 is 1.60 bits per heavy atom. The number of amides is 1. The van der Waals surface area contributed by atoms with Crippen LogP contribution < -0.4 is 0 Å². The number of likely N-dealkylation sites (N-methyl/N-ethyl adjacent to an activating group) is 1. The van der Waals surface area contributed by atoms with Crippen molar-refractivity contribution in [1.82, 2.24) is 24.8 Å². The van der Waals surface area contributed by atoms with Crippen LogP contribution in [0.3, 0.4) is 0 Å². The first-order valence-corrected chi connectivity index (χ1v) is 17.0. The van der Waals surface area contributed by atoms with Gasteiger partial charge in [-0.05, 0) is 93.5 Å². The summed E-state index contributed by atoms with van der Waals surface area (Å²) in [7, 11) is 3.45. The molecule has 8 bridgehead atoms. The minimum atomic E-state index is -0.639. The number of rotatable bonds is 12. The van der Waals surface area contributed by atoms with Gasteiger partial charge in [0.05, 0.1) is 56.1 Å². The molecule has 1 amide bonds. The summed E-state index contributed by atoms with van der Waals surface area (Å²) in [6.07, 6.45) is 0.928. The number of H-pyrrole nitrogens is 2. The number of aryl methyl sites for hydroxylation is 3. The highest BCUT2D eigenvalue weighted by Gasteiger charge is 2.29. The Morgan fingerprint density at radius 3 is 2.29 bits per heavy atom. The summed E-state index contributed by atoms with van der Waals surface area (Å²) in [5.41, 5.74) is 13.6. The van der Waals surface area contributed by atoms with Crippen LogP contribution in [-0.2, 0) is 31.8 Å². The normalized spacial score (nSPS) is 15.3. The molecule has 2 atom stereocenters. The molecule has 0 spiro atoms. The summed E-state index contributed by atoms with van der Waals surface area (Å²) < 4.78 is 16.2. The van der Waals surface area contributed by atoms with Gasteiger partial charge in [-0.1, -0.05) is 13.8 Å². The van der Waals surface area contributed by atoms with E-state index in [9.17, 15) is 9.90 Å². The van der Waals surface area contributed by atoms with Crippen LogP contribution in [-0.4, -0.2) is 89.6 Å². The lowest BCUT2D eigenvalue weighted by atomic mass is 9.98. The molecule has 0 radical (unpaired) electrons. The summed E-state index contributed by atoms with van der Waals surface area (Å²) in [4.78, 5) is 33.3. The molecule has 0 saturated heterocycles. The van der Waals surface area contributed by atoms with Gasteiger partial charge in [-0.2, -0.15) is 0 Å². The third-order valence-electron chi connectivity index (χ3n) is 9.67. The van der Waals surface area contributed by atoms with Gasteiger partial charge in [0.15, 0.2) is 0 Å². The van der Waals surface area contributed by atoms with Gasteiger partial charge < -0.3 is 34.2 Å². The van der Waals surface area contributed by atoms with Gasteiger partial charge >= 0.3 is 0 Å². The number of carbonyl (C=O) groups excluding carboxylic acids is 1. The van der Waals surface area contributed by atoms with Crippen molar-refractivity contribution in [3.63, 3.8) is 0 Å². The quantitative estimate of drug-likeness (QED) is 0.196. The molecule has 2 unspecified atom stereocenters. The largest absolute Gasteiger partial charge is 0.389 e. The van der Waals surface area contributed by atoms with Crippen LogP contribution in [0, 0.1) is 20.8 Å². The summed E-state index contributed by atoms with van der Waals surface area (Å²) in [5.74, 6) is 0.0803. The summed E-state index contributed by atoms with van der Waals surface area (Å²) in [5, 5.41) is 10.8. The van der Waals surface area contributed by atoms with Crippen LogP contribution in [0.1, 0.15) is 90.3 Å². The maximum absolute atomic E-state index is 14.1. The minimum Gasteiger partial charge on any atom is -0.389 e. The lowest BCUT2D eigenvalue weighted by Gasteiger charge is -2.19. The Kier molecular flexibility index (Phi) is 11.2. The lowest BCUT2D eigenvalue weighted by molar-refractivity contribution is -0.124. The second kappa shape index (κ2) is 15.2. The average molecular weight is 658 g/mol. The summed E-state index contributed by atoms with van der Waals surface area (Å²) in [6.45, 7) is 17.1. The zero-order chi connectivity index (χ0) is 34.7. The molecule has 0 aliphatic carbocycles. The lowest BCUT2D eigenvalue weighted by Crippen LogP contribution is -2.31. The van der Waals surface area contributed by atoms with E-state index in [2.05, 4.69) is 48.9 Å². The van der Waals surface area contributed by atoms with Crippen molar-refractivity contribution in [3.8, 4) is 0 Å². The zero-order valence-electron chi connectivity index (χ0n) is 30.0. The van der Waals surface area contributed by atoms with Gasteiger partial charge in [-0.3, -0.25) is 9.78 Å². The number of hydrogen-bond acceptors (Lipinski definition) is 7. The minimum absolute atomic E-state index is 0.0958. The van der Waals surface area contributed by atoms with E-state index in [1.165, 1.54) is 5.56 Å². The molecule has 3 aromatic rings. The fourth-order valence-corrected chi connectivity index (χ4v) is 6.73. The molecular formula is C38H51N5O5. The summed E-state index contributed by atoms with van der Waals surface area (Å²) in [6, 6.07) is 6.26. The molecule has 2 aliphatic heterocycles. The van der Waals surface area contributed by atoms with Crippen LogP contribution in [0.2, 0.25) is 0 Å². The number of ether oxygens (including phenoxy) is 3. The number of aliphatic hydroxyl groups is 1. The van der Waals surface area contributed by atoms with Crippen LogP contribution in [0.4, 0.5) is 0 Å². The van der Waals surface area contributed by atoms with E-state index in [1.54, 1.807) is 19.1 Å². The number of methoxy groups -OCH3 is 1. The molecule has 5 heterocycles. The molecule has 0 fully saturated rings. The van der Waals surface area contributed by atoms with Gasteiger partial charge in [-0.15, -0.1) is 0 Å². The maximum atomic E-state index is 14.1. The van der Waals surface area contributed by atoms with Crippen LogP contribution in [0.15, 0.2) is 18.2 Å². The van der Waals surface area contributed by atoms with Gasteiger partial charge in [0, 0.05) is 65.6 Å². The SMILES string of the molecule is CCc1c(C)c2cc3[nH]c(cc4nc(c(C)c5nc(cc1[nH]2)C(C)=C5C(=O)N(C)CCOCCOCCOC)CC4C)c(C)c3C(C)O. The second-order valence-corrected chi connectivity index (χ2v) is 13.0. The Labute approximate surface area is 283 Å². The van der Waals surface area contributed by atoms with Crippen molar-refractivity contribution in [3.05, 3.63) is 68.8 Å². The molecule has 10 nitrogen and oxygen atoms in total. The highest BCUT2D eigenvalue weighted by Crippen LogP contribution is 2.36. The molecular weight excluding hydrogens is 606 g/mol. The van der Waals surface area contributed by atoms with Crippen LogP contribution in [0.5, 0.6) is 0 Å². The van der Waals surface area contributed by atoms with Crippen molar-refractivity contribution in [2.24, 2.45) is 0 Å². The number of aliphatic hydroxyl groups excluding tert-OH is 1. The monoisotopic (exact) mass is 657 g/mol. The van der Waals surface area contributed by atoms with E-state index in [-0.39, 0.29) is 11.8 Å². The zero-order valence-corrected chi connectivity index (χ0v) is 30.0. The number of nitrogens with zero attached hydrogens (tertiary/aromatic N) is 3. The molecule has 5 rings (SSSR count). The maximum Gasteiger partial charge on any atom is 0.256 e. The number of nitrogens with one attached hydrogen (secondary N) is 2. The molecule has 258 valence electrons. The number of carbonyl (C=O) groups is 1. The average Bonchev–Trinajstić information content (AvgIpc) is 3.76. The number of fused-ring (bicyclic) bond motifs is 8. The number of hydrogen-bond donors (Lipinski definition) is 3. The fourth-order valence-electron chi connectivity index (χ4n) is 6.73. The smallest absolute Gasteiger partial charge is 0.256 e. The van der Waals surface area contributed by atoms with Crippen molar-refractivity contribution < 1.29 is 24.1 Å². The van der Waals surface area contributed by atoms with Crippen molar-refractivity contribution in [2.45, 2.75) is 73.3 Å². The van der Waals surface area contributed by atoms with Crippen LogP contribution >= 0.6 is 0 Å². The Bertz CT molecular complexity index is 1870. The highest BCUT2D eigenvalue weighted by atomic mass is 16.5. The van der Waals surface area contributed by atoms with Crippen LogP contribution in [0.25, 0.3) is 33.2 Å². The molecule has 0 aromatic carbocycles. The predicted molar refractivity (Wildman–Crippen MR) is 191 cm³/mol. The molecule has 0 saturated carbocycles. The first-order valence-electron chi connectivity index (χ1n) is 17.0. The topological polar surface area (TPSA) is 126 Å². The van der Waals surface area contributed by atoms with Crippen molar-refractivity contribution in [1.29, 1.82) is 0 Å². The standard InChI is InChI=1S/C38H51N5O5/c1-10-27-22(3)30-20-34-35(26(7)44)23(4)31(41-34)18-28-21(2)17-29(39-28)25(6)37-36(24(5)32(42-37)19-33(27)40-30)38(45)43(8)11-12-47-15-16-48-14-13-46-9/h18-21,26,40-41,44H,10-17H2,1-9H3. The van der Waals surface area contributed by atoms with E-state index in [0.717, 1.165) is 79.8 Å². The van der Waals surface area contributed by atoms with Crippen molar-refractivity contribution >= 4 is 39.1 Å². The molecule has 48 heavy (non-hydrogen) atoms. The van der Waals surface area contributed by atoms with Crippen molar-refractivity contribution in [2.75, 3.05) is 53.7 Å². The third kappa shape index (κ3) is 7.12. The number of allylic oxidation sites excluding steroid dienone is 1. The van der Waals surface area contributed by atoms with E-state index in [4.69, 9.17) is 24.2 Å². The number of aromatic amines is 2. The fraction of sp³-hybridized carbons (Fsp3) is 0.500. The predicted octanol–water partition coefficient (Wildman–Crippen LogP) is 6.27. The number of aromatic nitrogens is 4. The van der Waals surface area contributed by atoms with Gasteiger partial charge in [-0.25, -0.2) is 4.98 Å². The first kappa shape index (κ1) is 35.5. The molecule has 2 aliphatic rings. The van der Waals surface area contributed by atoms with E-state index >= 15 is 0 Å². The molecule has 3 N–H and O–H groups in total. The Morgan fingerprint density at radius 1 is 0.938 bits per heavy atom. The molecule has 10 heteroatoms.